The molecule has 0 bridgehead atoms. The summed E-state index contributed by atoms with van der Waals surface area (Å²) in [6.07, 6.45) is 4.95. The number of fused-ring (bicyclic) bond motifs is 1. The van der Waals surface area contributed by atoms with Gasteiger partial charge >= 0.3 is 5.97 Å². The zero-order valence-electron chi connectivity index (χ0n) is 12.4. The van der Waals surface area contributed by atoms with Crippen molar-refractivity contribution in [3.8, 4) is 0 Å². The first-order valence-corrected chi connectivity index (χ1v) is 7.69. The van der Waals surface area contributed by atoms with Gasteiger partial charge in [-0.05, 0) is 29.9 Å². The van der Waals surface area contributed by atoms with Crippen LogP contribution in [0.2, 0.25) is 0 Å². The van der Waals surface area contributed by atoms with Gasteiger partial charge < -0.3 is 15.0 Å². The molecule has 0 spiro atoms. The lowest BCUT2D eigenvalue weighted by Gasteiger charge is -2.14. The standard InChI is InChI=1S/C17H20N2O3/c20-16(18-14(17(21)22)11-12-5-6-12)8-10-19-9-7-13-3-1-2-4-15(13)19/h1-4,7,9,12,14H,5-6,8,10-11H2,(H,18,20)(H,21,22). The lowest BCUT2D eigenvalue weighted by molar-refractivity contribution is -0.142. The molecule has 2 N–H and O–H groups in total. The van der Waals surface area contributed by atoms with Crippen molar-refractivity contribution in [3.63, 3.8) is 0 Å². The van der Waals surface area contributed by atoms with Crippen LogP contribution in [-0.4, -0.2) is 27.6 Å². The molecule has 1 aliphatic carbocycles. The highest BCUT2D eigenvalue weighted by Gasteiger charge is 2.30. The topological polar surface area (TPSA) is 71.3 Å². The van der Waals surface area contributed by atoms with Gasteiger partial charge in [0.2, 0.25) is 5.91 Å². The van der Waals surface area contributed by atoms with Crippen LogP contribution in [-0.2, 0) is 16.1 Å². The minimum atomic E-state index is -0.938. The van der Waals surface area contributed by atoms with Crippen molar-refractivity contribution < 1.29 is 14.7 Å². The number of benzene rings is 1. The van der Waals surface area contributed by atoms with Crippen LogP contribution in [0.15, 0.2) is 36.5 Å². The van der Waals surface area contributed by atoms with Crippen molar-refractivity contribution in [2.75, 3.05) is 0 Å². The number of aryl methyl sites for hydroxylation is 1. The average molecular weight is 300 g/mol. The highest BCUT2D eigenvalue weighted by atomic mass is 16.4. The number of hydrogen-bond donors (Lipinski definition) is 2. The van der Waals surface area contributed by atoms with Crippen LogP contribution in [0.25, 0.3) is 10.9 Å². The van der Waals surface area contributed by atoms with E-state index in [1.165, 1.54) is 0 Å². The van der Waals surface area contributed by atoms with Crippen molar-refractivity contribution >= 4 is 22.8 Å². The first-order valence-electron chi connectivity index (χ1n) is 7.69. The largest absolute Gasteiger partial charge is 0.480 e. The summed E-state index contributed by atoms with van der Waals surface area (Å²) in [6, 6.07) is 9.26. The molecule has 5 nitrogen and oxygen atoms in total. The Hall–Kier alpha value is -2.30. The van der Waals surface area contributed by atoms with Crippen LogP contribution in [0, 0.1) is 5.92 Å². The van der Waals surface area contributed by atoms with Gasteiger partial charge in [0, 0.05) is 24.7 Å². The summed E-state index contributed by atoms with van der Waals surface area (Å²) < 4.78 is 2.02. The molecule has 1 amide bonds. The van der Waals surface area contributed by atoms with Crippen molar-refractivity contribution in [2.24, 2.45) is 5.92 Å². The van der Waals surface area contributed by atoms with Gasteiger partial charge in [0.15, 0.2) is 0 Å². The van der Waals surface area contributed by atoms with Gasteiger partial charge in [0.25, 0.3) is 0 Å². The zero-order valence-corrected chi connectivity index (χ0v) is 12.4. The van der Waals surface area contributed by atoms with Gasteiger partial charge in [-0.15, -0.1) is 0 Å². The Bertz CT molecular complexity index is 688. The Kier molecular flexibility index (Phi) is 4.13. The second-order valence-corrected chi connectivity index (χ2v) is 5.96. The molecule has 0 aliphatic heterocycles. The molecular formula is C17H20N2O3. The SMILES string of the molecule is O=C(CCn1ccc2ccccc21)NC(CC1CC1)C(=O)O. The number of carbonyl (C=O) groups excluding carboxylic acids is 1. The number of nitrogens with one attached hydrogen (secondary N) is 1. The van der Waals surface area contributed by atoms with Gasteiger partial charge in [-0.2, -0.15) is 0 Å². The third-order valence-corrected chi connectivity index (χ3v) is 4.16. The van der Waals surface area contributed by atoms with Crippen molar-refractivity contribution in [1.29, 1.82) is 0 Å². The number of hydrogen-bond acceptors (Lipinski definition) is 2. The van der Waals surface area contributed by atoms with Gasteiger partial charge in [0.05, 0.1) is 0 Å². The fourth-order valence-corrected chi connectivity index (χ4v) is 2.73. The maximum Gasteiger partial charge on any atom is 0.326 e. The fourth-order valence-electron chi connectivity index (χ4n) is 2.73. The normalized spacial score (nSPS) is 15.6. The molecule has 22 heavy (non-hydrogen) atoms. The lowest BCUT2D eigenvalue weighted by atomic mass is 10.1. The van der Waals surface area contributed by atoms with E-state index in [4.69, 9.17) is 0 Å². The summed E-state index contributed by atoms with van der Waals surface area (Å²) in [5.41, 5.74) is 1.09. The summed E-state index contributed by atoms with van der Waals surface area (Å²) in [5.74, 6) is -0.674. The smallest absolute Gasteiger partial charge is 0.326 e. The second-order valence-electron chi connectivity index (χ2n) is 5.96. The van der Waals surface area contributed by atoms with E-state index in [1.54, 1.807) is 0 Å². The molecule has 1 aromatic carbocycles. The molecule has 1 aromatic heterocycles. The zero-order chi connectivity index (χ0) is 15.5. The predicted molar refractivity (Wildman–Crippen MR) is 83.5 cm³/mol. The van der Waals surface area contributed by atoms with Crippen LogP contribution in [0.3, 0.4) is 0 Å². The number of amides is 1. The van der Waals surface area contributed by atoms with Crippen molar-refractivity contribution in [3.05, 3.63) is 36.5 Å². The maximum absolute atomic E-state index is 12.0. The molecule has 1 aliphatic rings. The number of aliphatic carboxylic acids is 1. The molecular weight excluding hydrogens is 280 g/mol. The minimum absolute atomic E-state index is 0.203. The van der Waals surface area contributed by atoms with E-state index in [0.29, 0.717) is 18.9 Å². The lowest BCUT2D eigenvalue weighted by Crippen LogP contribution is -2.41. The number of nitrogens with zero attached hydrogens (tertiary/aromatic N) is 1. The van der Waals surface area contributed by atoms with Crippen LogP contribution < -0.4 is 5.32 Å². The van der Waals surface area contributed by atoms with E-state index >= 15 is 0 Å². The molecule has 1 atom stereocenters. The molecule has 0 saturated heterocycles. The highest BCUT2D eigenvalue weighted by molar-refractivity contribution is 5.84. The molecule has 5 heteroatoms. The Labute approximate surface area is 128 Å². The van der Waals surface area contributed by atoms with Gasteiger partial charge in [-0.25, -0.2) is 4.79 Å². The average Bonchev–Trinajstić information content (AvgIpc) is 3.23. The van der Waals surface area contributed by atoms with Crippen LogP contribution >= 0.6 is 0 Å². The van der Waals surface area contributed by atoms with E-state index in [-0.39, 0.29) is 12.3 Å². The van der Waals surface area contributed by atoms with E-state index in [2.05, 4.69) is 5.32 Å². The number of rotatable bonds is 7. The monoisotopic (exact) mass is 300 g/mol. The van der Waals surface area contributed by atoms with E-state index in [0.717, 1.165) is 23.7 Å². The van der Waals surface area contributed by atoms with Crippen molar-refractivity contribution in [2.45, 2.75) is 38.3 Å². The number of para-hydroxylation sites is 1. The molecule has 1 unspecified atom stereocenters. The second kappa shape index (κ2) is 6.22. The van der Waals surface area contributed by atoms with Crippen LogP contribution in [0.1, 0.15) is 25.7 Å². The summed E-state index contributed by atoms with van der Waals surface area (Å²) in [5, 5.41) is 13.0. The Morgan fingerprint density at radius 1 is 1.27 bits per heavy atom. The Morgan fingerprint density at radius 3 is 2.77 bits per heavy atom. The van der Waals surface area contributed by atoms with Crippen molar-refractivity contribution in [1.82, 2.24) is 9.88 Å². The van der Waals surface area contributed by atoms with Crippen LogP contribution in [0.5, 0.6) is 0 Å². The molecule has 1 saturated carbocycles. The fraction of sp³-hybridized carbons (Fsp3) is 0.412. The molecule has 1 heterocycles. The van der Waals surface area contributed by atoms with E-state index < -0.39 is 12.0 Å². The quantitative estimate of drug-likeness (QED) is 0.825. The van der Waals surface area contributed by atoms with Gasteiger partial charge in [-0.3, -0.25) is 4.79 Å². The minimum Gasteiger partial charge on any atom is -0.480 e. The maximum atomic E-state index is 12.0. The number of carboxylic acid groups (broad SMARTS) is 1. The van der Waals surface area contributed by atoms with Gasteiger partial charge in [-0.1, -0.05) is 31.0 Å². The molecule has 1 fully saturated rings. The first kappa shape index (κ1) is 14.6. The number of carbonyl (C=O) groups is 2. The summed E-state index contributed by atoms with van der Waals surface area (Å²) in [4.78, 5) is 23.2. The highest BCUT2D eigenvalue weighted by Crippen LogP contribution is 2.33. The number of aromatic nitrogens is 1. The predicted octanol–water partition coefficient (Wildman–Crippen LogP) is 2.40. The summed E-state index contributed by atoms with van der Waals surface area (Å²) >= 11 is 0. The first-order chi connectivity index (χ1) is 10.6. The van der Waals surface area contributed by atoms with Gasteiger partial charge in [0.1, 0.15) is 6.04 Å². The third kappa shape index (κ3) is 3.47. The van der Waals surface area contributed by atoms with Crippen LogP contribution in [0.4, 0.5) is 0 Å². The molecule has 0 radical (unpaired) electrons. The Balaban J connectivity index is 1.56. The van der Waals surface area contributed by atoms with E-state index in [1.807, 2.05) is 41.1 Å². The van der Waals surface area contributed by atoms with E-state index in [9.17, 15) is 14.7 Å². The summed E-state index contributed by atoms with van der Waals surface area (Å²) in [7, 11) is 0. The molecule has 3 rings (SSSR count). The summed E-state index contributed by atoms with van der Waals surface area (Å²) in [6.45, 7) is 0.551. The number of carboxylic acids is 1. The Morgan fingerprint density at radius 2 is 2.05 bits per heavy atom. The molecule has 116 valence electrons. The third-order valence-electron chi connectivity index (χ3n) is 4.16. The molecule has 2 aromatic rings.